The number of hydrogen-bond donors (Lipinski definition) is 1. The van der Waals surface area contributed by atoms with Gasteiger partial charge in [0.25, 0.3) is 5.91 Å². The summed E-state index contributed by atoms with van der Waals surface area (Å²) in [6.07, 6.45) is -1.20. The predicted molar refractivity (Wildman–Crippen MR) is 129 cm³/mol. The van der Waals surface area contributed by atoms with Crippen molar-refractivity contribution >= 4 is 28.6 Å². The molecule has 0 aliphatic heterocycles. The Labute approximate surface area is 196 Å². The van der Waals surface area contributed by atoms with Crippen LogP contribution in [0, 0.1) is 0 Å². The number of anilines is 1. The molecule has 1 atom stereocenters. The fourth-order valence-corrected chi connectivity index (χ4v) is 3.76. The molecule has 3 aromatic carbocycles. The number of carbonyl (C=O) groups is 2. The number of aryl methyl sites for hydroxylation is 2. The Bertz CT molecular complexity index is 1360. The van der Waals surface area contributed by atoms with Gasteiger partial charge in [-0.1, -0.05) is 42.5 Å². The van der Waals surface area contributed by atoms with Gasteiger partial charge in [-0.15, -0.1) is 0 Å². The van der Waals surface area contributed by atoms with Crippen molar-refractivity contribution in [2.24, 2.45) is 7.05 Å². The number of amides is 1. The minimum atomic E-state index is -1.14. The number of hydrogen-bond acceptors (Lipinski definition) is 5. The molecule has 0 radical (unpaired) electrons. The van der Waals surface area contributed by atoms with E-state index in [9.17, 15) is 14.4 Å². The van der Waals surface area contributed by atoms with Crippen LogP contribution in [0.2, 0.25) is 0 Å². The first-order valence-corrected chi connectivity index (χ1v) is 10.8. The Morgan fingerprint density at radius 2 is 1.56 bits per heavy atom. The highest BCUT2D eigenvalue weighted by Gasteiger charge is 2.25. The maximum absolute atomic E-state index is 13.0. The van der Waals surface area contributed by atoms with Gasteiger partial charge >= 0.3 is 11.7 Å². The Morgan fingerprint density at radius 3 is 2.24 bits per heavy atom. The SMILES string of the molecule is COc1ccc(NC(=O)[C@H](OC(=O)CCn2c(=O)n(C)c3ccccc32)c2ccccc2)cc1. The summed E-state index contributed by atoms with van der Waals surface area (Å²) in [4.78, 5) is 38.4. The van der Waals surface area contributed by atoms with Crippen molar-refractivity contribution in [2.45, 2.75) is 19.1 Å². The molecule has 8 nitrogen and oxygen atoms in total. The highest BCUT2D eigenvalue weighted by Crippen LogP contribution is 2.22. The number of carbonyl (C=O) groups excluding carboxylic acids is 2. The summed E-state index contributed by atoms with van der Waals surface area (Å²) >= 11 is 0. The van der Waals surface area contributed by atoms with E-state index >= 15 is 0 Å². The van der Waals surface area contributed by atoms with Crippen LogP contribution in [0.1, 0.15) is 18.1 Å². The molecule has 1 heterocycles. The number of esters is 1. The predicted octanol–water partition coefficient (Wildman–Crippen LogP) is 3.66. The monoisotopic (exact) mass is 459 g/mol. The highest BCUT2D eigenvalue weighted by molar-refractivity contribution is 5.96. The van der Waals surface area contributed by atoms with Crippen LogP contribution in [-0.4, -0.2) is 28.1 Å². The maximum Gasteiger partial charge on any atom is 0.328 e. The zero-order chi connectivity index (χ0) is 24.1. The number of nitrogens with one attached hydrogen (secondary N) is 1. The molecule has 0 saturated heterocycles. The van der Waals surface area contributed by atoms with Crippen LogP contribution in [0.3, 0.4) is 0 Å². The molecule has 4 rings (SSSR count). The van der Waals surface area contributed by atoms with E-state index in [-0.39, 0.29) is 18.7 Å². The minimum absolute atomic E-state index is 0.0624. The molecule has 0 aliphatic rings. The van der Waals surface area contributed by atoms with Gasteiger partial charge in [-0.3, -0.25) is 18.7 Å². The summed E-state index contributed by atoms with van der Waals surface area (Å²) in [5.41, 5.74) is 2.39. The number of benzene rings is 3. The lowest BCUT2D eigenvalue weighted by molar-refractivity contribution is -0.155. The van der Waals surface area contributed by atoms with Crippen LogP contribution in [0.15, 0.2) is 83.7 Å². The van der Waals surface area contributed by atoms with Crippen molar-refractivity contribution in [3.63, 3.8) is 0 Å². The van der Waals surface area contributed by atoms with Gasteiger partial charge in [0.15, 0.2) is 0 Å². The number of rotatable bonds is 8. The fraction of sp³-hybridized carbons (Fsp3) is 0.192. The molecule has 4 aromatic rings. The van der Waals surface area contributed by atoms with Crippen LogP contribution >= 0.6 is 0 Å². The van der Waals surface area contributed by atoms with Crippen LogP contribution in [-0.2, 0) is 27.9 Å². The van der Waals surface area contributed by atoms with E-state index in [1.54, 1.807) is 62.7 Å². The van der Waals surface area contributed by atoms with Crippen molar-refractivity contribution < 1.29 is 19.1 Å². The third-order valence-corrected chi connectivity index (χ3v) is 5.54. The standard InChI is InChI=1S/C26H25N3O5/c1-28-21-10-6-7-11-22(21)29(26(28)32)17-16-23(30)34-24(18-8-4-3-5-9-18)25(31)27-19-12-14-20(33-2)15-13-19/h3-15,24H,16-17H2,1-2H3,(H,27,31)/t24-/m1/s1. The first kappa shape index (κ1) is 22.8. The Morgan fingerprint density at radius 1 is 0.912 bits per heavy atom. The van der Waals surface area contributed by atoms with Gasteiger partial charge in [0, 0.05) is 24.8 Å². The number of aromatic nitrogens is 2. The van der Waals surface area contributed by atoms with E-state index < -0.39 is 18.0 Å². The lowest BCUT2D eigenvalue weighted by Gasteiger charge is -2.18. The van der Waals surface area contributed by atoms with E-state index in [2.05, 4.69) is 5.32 Å². The first-order valence-electron chi connectivity index (χ1n) is 10.8. The fourth-order valence-electron chi connectivity index (χ4n) is 3.76. The van der Waals surface area contributed by atoms with E-state index in [4.69, 9.17) is 9.47 Å². The van der Waals surface area contributed by atoms with Crippen LogP contribution < -0.4 is 15.7 Å². The highest BCUT2D eigenvalue weighted by atomic mass is 16.5. The normalized spacial score (nSPS) is 11.7. The van der Waals surface area contributed by atoms with Gasteiger partial charge in [-0.25, -0.2) is 4.79 Å². The Hall–Kier alpha value is -4.33. The van der Waals surface area contributed by atoms with E-state index in [1.165, 1.54) is 9.13 Å². The number of fused-ring (bicyclic) bond motifs is 1. The van der Waals surface area contributed by atoms with Gasteiger partial charge in [0.1, 0.15) is 5.75 Å². The number of ether oxygens (including phenoxy) is 2. The van der Waals surface area contributed by atoms with Gasteiger partial charge in [0.2, 0.25) is 6.10 Å². The van der Waals surface area contributed by atoms with Crippen molar-refractivity contribution in [1.29, 1.82) is 0 Å². The van der Waals surface area contributed by atoms with E-state index in [1.807, 2.05) is 30.3 Å². The zero-order valence-electron chi connectivity index (χ0n) is 18.9. The number of para-hydroxylation sites is 2. The topological polar surface area (TPSA) is 91.6 Å². The van der Waals surface area contributed by atoms with Crippen molar-refractivity contribution in [2.75, 3.05) is 12.4 Å². The zero-order valence-corrected chi connectivity index (χ0v) is 18.9. The van der Waals surface area contributed by atoms with E-state index in [0.29, 0.717) is 17.0 Å². The third-order valence-electron chi connectivity index (χ3n) is 5.54. The number of methoxy groups -OCH3 is 1. The summed E-state index contributed by atoms with van der Waals surface area (Å²) in [6, 6.07) is 23.0. The molecular weight excluding hydrogens is 434 g/mol. The molecule has 1 N–H and O–H groups in total. The number of nitrogens with zero attached hydrogens (tertiary/aromatic N) is 2. The first-order chi connectivity index (χ1) is 16.5. The Kier molecular flexibility index (Phi) is 6.77. The molecule has 34 heavy (non-hydrogen) atoms. The van der Waals surface area contributed by atoms with Crippen molar-refractivity contribution in [3.05, 3.63) is 94.9 Å². The summed E-state index contributed by atoms with van der Waals surface area (Å²) in [7, 11) is 3.25. The van der Waals surface area contributed by atoms with Crippen LogP contribution in [0.4, 0.5) is 5.69 Å². The van der Waals surface area contributed by atoms with Gasteiger partial charge in [-0.2, -0.15) is 0 Å². The average Bonchev–Trinajstić information content (AvgIpc) is 3.11. The molecule has 0 spiro atoms. The molecular formula is C26H25N3O5. The summed E-state index contributed by atoms with van der Waals surface area (Å²) in [6.45, 7) is 0.140. The molecule has 174 valence electrons. The quantitative estimate of drug-likeness (QED) is 0.406. The molecule has 1 aromatic heterocycles. The second kappa shape index (κ2) is 10.1. The molecule has 8 heteroatoms. The van der Waals surface area contributed by atoms with Crippen LogP contribution in [0.5, 0.6) is 5.75 Å². The molecule has 1 amide bonds. The second-order valence-corrected chi connectivity index (χ2v) is 7.73. The molecule has 0 bridgehead atoms. The maximum atomic E-state index is 13.0. The lowest BCUT2D eigenvalue weighted by atomic mass is 10.1. The largest absolute Gasteiger partial charge is 0.497 e. The summed E-state index contributed by atoms with van der Waals surface area (Å²) < 4.78 is 13.8. The van der Waals surface area contributed by atoms with Crippen LogP contribution in [0.25, 0.3) is 11.0 Å². The number of imidazole rings is 1. The third kappa shape index (κ3) is 4.85. The minimum Gasteiger partial charge on any atom is -0.497 e. The van der Waals surface area contributed by atoms with E-state index in [0.717, 1.165) is 11.0 Å². The lowest BCUT2D eigenvalue weighted by Crippen LogP contribution is -2.27. The molecule has 0 unspecified atom stereocenters. The summed E-state index contributed by atoms with van der Waals surface area (Å²) in [5, 5.41) is 2.78. The average molecular weight is 460 g/mol. The van der Waals surface area contributed by atoms with Gasteiger partial charge in [0.05, 0.1) is 24.6 Å². The molecule has 0 saturated carbocycles. The second-order valence-electron chi connectivity index (χ2n) is 7.73. The Balaban J connectivity index is 1.49. The van der Waals surface area contributed by atoms with Crippen molar-refractivity contribution in [1.82, 2.24) is 9.13 Å². The van der Waals surface area contributed by atoms with Crippen molar-refractivity contribution in [3.8, 4) is 5.75 Å². The molecule has 0 fully saturated rings. The molecule has 0 aliphatic carbocycles. The van der Waals surface area contributed by atoms with Gasteiger partial charge < -0.3 is 14.8 Å². The summed E-state index contributed by atoms with van der Waals surface area (Å²) in [5.74, 6) is -0.404. The van der Waals surface area contributed by atoms with Gasteiger partial charge in [-0.05, 0) is 36.4 Å². The smallest absolute Gasteiger partial charge is 0.328 e.